The van der Waals surface area contributed by atoms with E-state index in [2.05, 4.69) is 0 Å². The molecule has 0 heterocycles. The first-order valence-corrected chi connectivity index (χ1v) is 0. The van der Waals surface area contributed by atoms with Crippen LogP contribution >= 0.6 is 0 Å². The zero-order valence-electron chi connectivity index (χ0n) is 8.31. The Balaban J connectivity index is 0. The molecule has 11 nitrogen and oxygen atoms in total. The van der Waals surface area contributed by atoms with Crippen molar-refractivity contribution in [2.75, 3.05) is 0 Å². The maximum absolute atomic E-state index is 0. The predicted octanol–water partition coefficient (Wildman–Crippen LogP) is -1.08. The van der Waals surface area contributed by atoms with Crippen LogP contribution in [0, 0.1) is 121 Å². The fourth-order valence-corrected chi connectivity index (χ4v) is 0. The summed E-state index contributed by atoms with van der Waals surface area (Å²) in [6.45, 7) is 0. The maximum Gasteiger partial charge on any atom is 6.00 e. The maximum atomic E-state index is 0. The average molecular weight is 1140 g/mol. The van der Waals surface area contributed by atoms with E-state index in [0.717, 1.165) is 0 Å². The zero-order chi connectivity index (χ0) is 0. The van der Waals surface area contributed by atoms with Gasteiger partial charge in [0.15, 0.2) is 0 Å². The van der Waals surface area contributed by atoms with Crippen LogP contribution in [0.5, 0.6) is 0 Å². The quantitative estimate of drug-likeness (QED) is 0.280. The van der Waals surface area contributed by atoms with E-state index < -0.39 is 0 Å². The Morgan fingerprint density at radius 3 is 0.267 bits per heavy atom. The molecule has 0 saturated carbocycles. The summed E-state index contributed by atoms with van der Waals surface area (Å²) in [5, 5.41) is 0. The molecule has 0 aromatic heterocycles. The van der Waals surface area contributed by atoms with Crippen molar-refractivity contribution in [1.82, 2.24) is 0 Å². The second-order valence-electron chi connectivity index (χ2n) is 0. The molecule has 0 aromatic rings. The SMILES string of the molecule is [2H+].[2H+].[O-2].[O-2].[O-2].[O-2].[O-2].[O-2].[O-2].[O-2].[O-2].[O-2].[O-2].[Pu+4].[Pu+4].[U+6].[U+6]. The molecule has 0 rings (SSSR count). The van der Waals surface area contributed by atoms with Crippen LogP contribution in [0.3, 0.4) is 0 Å². The van der Waals surface area contributed by atoms with Gasteiger partial charge in [-0.15, -0.1) is 0 Å². The molecule has 0 bridgehead atoms. The first-order chi connectivity index (χ1) is 0. The standard InChI is InChI=1S/11O.2Pu.2U/q11*-2;2*+4;2*+6/p+2/i/hD2. The summed E-state index contributed by atoms with van der Waals surface area (Å²) >= 11 is 0. The monoisotopic (exact) mass is 1130 g/mol. The van der Waals surface area contributed by atoms with E-state index in [-0.39, 0.29) is 184 Å². The van der Waals surface area contributed by atoms with Gasteiger partial charge in [-0.2, -0.15) is 0 Å². The summed E-state index contributed by atoms with van der Waals surface area (Å²) in [4.78, 5) is 0. The molecular formula is H2O11Pu2U2. The van der Waals surface area contributed by atoms with Crippen LogP contribution in [0.15, 0.2) is 0 Å². The Bertz CT molecular complexity index is 25.4. The van der Waals surface area contributed by atoms with Crippen molar-refractivity contribution in [3.63, 3.8) is 0 Å². The third-order valence-electron chi connectivity index (χ3n) is 0. The summed E-state index contributed by atoms with van der Waals surface area (Å²) in [6.07, 6.45) is 0. The molecule has 0 aliphatic rings. The average Bonchev–Trinajstić information content (AvgIpc) is 0. The molecule has 0 spiro atoms. The van der Waals surface area contributed by atoms with Crippen LogP contribution in [0.1, 0.15) is 2.85 Å². The van der Waals surface area contributed by atoms with Gasteiger partial charge in [-0.25, -0.2) is 0 Å². The fourth-order valence-electron chi connectivity index (χ4n) is 0. The van der Waals surface area contributed by atoms with Gasteiger partial charge in [-0.3, -0.25) is 0 Å². The largest absolute Gasteiger partial charge is 6.00 e. The topological polar surface area (TPSA) is 314 Å². The van der Waals surface area contributed by atoms with Crippen molar-refractivity contribution in [1.29, 1.82) is 0 Å². The third-order valence-corrected chi connectivity index (χ3v) is 0. The summed E-state index contributed by atoms with van der Waals surface area (Å²) in [7, 11) is 0. The smallest absolute Gasteiger partial charge is 2.00 e. The van der Waals surface area contributed by atoms with Crippen LogP contribution in [0.25, 0.3) is 0 Å². The minimum Gasteiger partial charge on any atom is -2.00 e. The molecule has 15 heteroatoms. The van der Waals surface area contributed by atoms with E-state index in [4.69, 9.17) is 0 Å². The van der Waals surface area contributed by atoms with Gasteiger partial charge >= 0.3 is 123 Å². The van der Waals surface area contributed by atoms with Crippen LogP contribution in [-0.4, -0.2) is 0 Å². The Labute approximate surface area is 180 Å². The molecule has 0 aliphatic heterocycles. The Kier molecular flexibility index (Phi) is 10800. The Hall–Kier alpha value is 3.64. The summed E-state index contributed by atoms with van der Waals surface area (Å²) in [5.41, 5.74) is 0. The minimum atomic E-state index is 0. The summed E-state index contributed by atoms with van der Waals surface area (Å²) in [6, 6.07) is 0. The molecule has 0 unspecified atom stereocenters. The summed E-state index contributed by atoms with van der Waals surface area (Å²) < 4.78 is 0. The molecule has 0 radical (unpaired) electrons. The van der Waals surface area contributed by atoms with Crippen molar-refractivity contribution in [2.45, 2.75) is 0 Å². The van der Waals surface area contributed by atoms with Crippen molar-refractivity contribution in [2.24, 2.45) is 0 Å². The molecule has 88 valence electrons. The van der Waals surface area contributed by atoms with Crippen molar-refractivity contribution < 1.29 is 184 Å². The molecule has 0 saturated heterocycles. The number of rotatable bonds is 0. The zero-order valence-corrected chi connectivity index (χ0v) is 21.4. The molecule has 0 aliphatic carbocycles. The van der Waals surface area contributed by atoms with Gasteiger partial charge in [-0.05, 0) is 0 Å². The van der Waals surface area contributed by atoms with Crippen LogP contribution in [0.2, 0.25) is 0 Å². The second-order valence-corrected chi connectivity index (χ2v) is 0. The van der Waals surface area contributed by atoms with E-state index in [1.165, 1.54) is 0 Å². The molecular weight excluding hydrogens is 1140 g/mol. The van der Waals surface area contributed by atoms with E-state index in [1.807, 2.05) is 0 Å². The van der Waals surface area contributed by atoms with Crippen molar-refractivity contribution in [3.05, 3.63) is 0 Å². The van der Waals surface area contributed by atoms with Crippen LogP contribution < -0.4 is 0 Å². The number of hydrogen-bond acceptors (Lipinski definition) is 0. The molecule has 0 N–H and O–H groups in total. The fraction of sp³-hybridized carbons (Fsp3) is 0. The predicted molar refractivity (Wildman–Crippen MR) is 9.78 cm³/mol. The van der Waals surface area contributed by atoms with Crippen molar-refractivity contribution in [3.8, 4) is 0 Å². The third kappa shape index (κ3) is 326. The Morgan fingerprint density at radius 2 is 0.267 bits per heavy atom. The van der Waals surface area contributed by atoms with E-state index in [1.54, 1.807) is 0 Å². The molecule has 15 heavy (non-hydrogen) atoms. The van der Waals surface area contributed by atoms with E-state index >= 15 is 0 Å². The van der Waals surface area contributed by atoms with Crippen LogP contribution in [0.4, 0.5) is 0 Å². The molecule has 0 amide bonds. The van der Waals surface area contributed by atoms with E-state index in [0.29, 0.717) is 0 Å². The summed E-state index contributed by atoms with van der Waals surface area (Å²) in [5.74, 6) is 0. The molecule has 0 fully saturated rings. The van der Waals surface area contributed by atoms with Gasteiger partial charge in [0.05, 0.1) is 0 Å². The molecule has 0 aromatic carbocycles. The normalized spacial score (nSPS) is 0. The first kappa shape index (κ1) is 438. The van der Waals surface area contributed by atoms with Gasteiger partial charge in [-0.1, -0.05) is 0 Å². The van der Waals surface area contributed by atoms with Crippen molar-refractivity contribution >= 4 is 0 Å². The molecule has 0 atom stereocenters. The van der Waals surface area contributed by atoms with Crippen LogP contribution in [-0.2, 0) is 60.2 Å². The second kappa shape index (κ2) is 369. The van der Waals surface area contributed by atoms with Gasteiger partial charge < -0.3 is 60.2 Å². The van der Waals surface area contributed by atoms with Gasteiger partial charge in [0.1, 0.15) is 0 Å². The van der Waals surface area contributed by atoms with Gasteiger partial charge in [0.25, 0.3) is 0 Å². The first-order valence-electron chi connectivity index (χ1n) is 0. The van der Waals surface area contributed by atoms with Gasteiger partial charge in [0, 0.05) is 0 Å². The minimum absolute atomic E-state index is 0. The number of hydrogen-bond donors (Lipinski definition) is 0. The van der Waals surface area contributed by atoms with E-state index in [9.17, 15) is 0 Å². The van der Waals surface area contributed by atoms with Gasteiger partial charge in [0.2, 0.25) is 0 Å². The Morgan fingerprint density at radius 1 is 0.267 bits per heavy atom.